The summed E-state index contributed by atoms with van der Waals surface area (Å²) in [6.07, 6.45) is 2.09. The molecule has 2 atom stereocenters. The van der Waals surface area contributed by atoms with Crippen LogP contribution < -0.4 is 0 Å². The molecule has 0 unspecified atom stereocenters. The second-order valence-electron chi connectivity index (χ2n) is 4.35. The third kappa shape index (κ3) is 1.86. The lowest BCUT2D eigenvalue weighted by Gasteiger charge is -2.44. The summed E-state index contributed by atoms with van der Waals surface area (Å²) in [5.41, 5.74) is -0.859. The number of morpholine rings is 1. The fourth-order valence-corrected chi connectivity index (χ4v) is 2.63. The first-order valence-corrected chi connectivity index (χ1v) is 5.68. The number of hydrogen-bond donors (Lipinski definition) is 0. The molecular weight excluding hydrogens is 195 g/mol. The minimum atomic E-state index is -0.991. The van der Waals surface area contributed by atoms with Crippen LogP contribution >= 0.6 is 0 Å². The van der Waals surface area contributed by atoms with Gasteiger partial charge in [-0.25, -0.2) is 4.39 Å². The van der Waals surface area contributed by atoms with Crippen LogP contribution in [0, 0.1) is 11.3 Å². The average Bonchev–Trinajstić information content (AvgIpc) is 2.31. The lowest BCUT2D eigenvalue weighted by atomic mass is 9.79. The molecule has 84 valence electrons. The predicted octanol–water partition coefficient (Wildman–Crippen LogP) is 1.49. The lowest BCUT2D eigenvalue weighted by molar-refractivity contribution is -0.0445. The first-order valence-electron chi connectivity index (χ1n) is 5.68. The Kier molecular flexibility index (Phi) is 3.22. The molecule has 15 heavy (non-hydrogen) atoms. The molecule has 3 nitrogen and oxygen atoms in total. The number of nitrogens with zero attached hydrogens (tertiary/aromatic N) is 2. The lowest BCUT2D eigenvalue weighted by Crippen LogP contribution is -2.59. The van der Waals surface area contributed by atoms with Crippen molar-refractivity contribution in [2.24, 2.45) is 0 Å². The zero-order valence-electron chi connectivity index (χ0n) is 8.91. The van der Waals surface area contributed by atoms with Crippen molar-refractivity contribution in [3.8, 4) is 6.07 Å². The number of alkyl halides is 1. The number of halogens is 1. The van der Waals surface area contributed by atoms with Crippen LogP contribution in [0.5, 0.6) is 0 Å². The summed E-state index contributed by atoms with van der Waals surface area (Å²) < 4.78 is 19.2. The third-order valence-corrected chi connectivity index (χ3v) is 3.55. The van der Waals surface area contributed by atoms with Crippen LogP contribution in [0.2, 0.25) is 0 Å². The molecule has 0 aromatic heterocycles. The van der Waals surface area contributed by atoms with Gasteiger partial charge >= 0.3 is 0 Å². The maximum absolute atomic E-state index is 14.0. The molecule has 0 radical (unpaired) electrons. The SMILES string of the molecule is N#C[C@@]1(N2CCOCC2)CCCC[C@@H]1F. The van der Waals surface area contributed by atoms with Gasteiger partial charge in [-0.05, 0) is 12.8 Å². The van der Waals surface area contributed by atoms with Crippen molar-refractivity contribution in [3.63, 3.8) is 0 Å². The molecule has 0 amide bonds. The van der Waals surface area contributed by atoms with Gasteiger partial charge in [0, 0.05) is 13.1 Å². The molecular formula is C11H17FN2O. The van der Waals surface area contributed by atoms with Gasteiger partial charge in [0.15, 0.2) is 0 Å². The van der Waals surface area contributed by atoms with E-state index < -0.39 is 11.7 Å². The minimum absolute atomic E-state index is 0.533. The molecule has 0 aromatic rings. The zero-order chi connectivity index (χ0) is 10.7. The molecule has 2 aliphatic rings. The molecule has 1 heterocycles. The van der Waals surface area contributed by atoms with Gasteiger partial charge in [-0.15, -0.1) is 0 Å². The second-order valence-corrected chi connectivity index (χ2v) is 4.35. The highest BCUT2D eigenvalue weighted by Crippen LogP contribution is 2.35. The van der Waals surface area contributed by atoms with Gasteiger partial charge in [0.25, 0.3) is 0 Å². The molecule has 2 rings (SSSR count). The summed E-state index contributed by atoms with van der Waals surface area (Å²) in [5.74, 6) is 0. The number of ether oxygens (including phenoxy) is 1. The van der Waals surface area contributed by atoms with E-state index in [4.69, 9.17) is 4.74 Å². The van der Waals surface area contributed by atoms with Gasteiger partial charge in [0.2, 0.25) is 0 Å². The highest BCUT2D eigenvalue weighted by atomic mass is 19.1. The van der Waals surface area contributed by atoms with Crippen molar-refractivity contribution in [3.05, 3.63) is 0 Å². The molecule has 0 aromatic carbocycles. The van der Waals surface area contributed by atoms with Crippen LogP contribution in [0.15, 0.2) is 0 Å². The number of nitriles is 1. The van der Waals surface area contributed by atoms with E-state index in [-0.39, 0.29) is 0 Å². The second kappa shape index (κ2) is 4.46. The highest BCUT2D eigenvalue weighted by Gasteiger charge is 2.46. The van der Waals surface area contributed by atoms with E-state index in [9.17, 15) is 9.65 Å². The minimum Gasteiger partial charge on any atom is -0.379 e. The monoisotopic (exact) mass is 212 g/mol. The maximum Gasteiger partial charge on any atom is 0.140 e. The van der Waals surface area contributed by atoms with E-state index in [1.165, 1.54) is 0 Å². The van der Waals surface area contributed by atoms with Crippen molar-refractivity contribution in [2.45, 2.75) is 37.4 Å². The summed E-state index contributed by atoms with van der Waals surface area (Å²) in [6.45, 7) is 2.62. The van der Waals surface area contributed by atoms with E-state index in [0.29, 0.717) is 39.1 Å². The van der Waals surface area contributed by atoms with Crippen LogP contribution in [-0.4, -0.2) is 42.9 Å². The summed E-state index contributed by atoms with van der Waals surface area (Å²) >= 11 is 0. The predicted molar refractivity (Wildman–Crippen MR) is 54.1 cm³/mol. The van der Waals surface area contributed by atoms with Crippen LogP contribution in [-0.2, 0) is 4.74 Å². The maximum atomic E-state index is 14.0. The van der Waals surface area contributed by atoms with Crippen LogP contribution in [0.4, 0.5) is 4.39 Å². The normalized spacial score (nSPS) is 38.5. The standard InChI is InChI=1S/C11H17FN2O/c12-10-3-1-2-4-11(10,9-13)14-5-7-15-8-6-14/h10H,1-8H2/t10-,11-/m0/s1. The molecule has 1 aliphatic heterocycles. The highest BCUT2D eigenvalue weighted by molar-refractivity contribution is 5.14. The molecule has 1 saturated heterocycles. The molecule has 1 aliphatic carbocycles. The van der Waals surface area contributed by atoms with Gasteiger partial charge in [-0.2, -0.15) is 5.26 Å². The summed E-state index contributed by atoms with van der Waals surface area (Å²) in [5, 5.41) is 9.29. The topological polar surface area (TPSA) is 36.3 Å². The Hall–Kier alpha value is -0.660. The van der Waals surface area contributed by atoms with Crippen molar-refractivity contribution in [2.75, 3.05) is 26.3 Å². The van der Waals surface area contributed by atoms with E-state index in [1.54, 1.807) is 0 Å². The Morgan fingerprint density at radius 2 is 2.07 bits per heavy atom. The van der Waals surface area contributed by atoms with Crippen LogP contribution in [0.3, 0.4) is 0 Å². The molecule has 0 N–H and O–H groups in total. The Labute approximate surface area is 89.8 Å². The molecule has 4 heteroatoms. The van der Waals surface area contributed by atoms with Crippen molar-refractivity contribution < 1.29 is 9.13 Å². The van der Waals surface area contributed by atoms with Gasteiger partial charge in [0.1, 0.15) is 11.7 Å². The van der Waals surface area contributed by atoms with Crippen LogP contribution in [0.25, 0.3) is 0 Å². The van der Waals surface area contributed by atoms with E-state index in [1.807, 2.05) is 4.90 Å². The fraction of sp³-hybridized carbons (Fsp3) is 0.909. The number of hydrogen-bond acceptors (Lipinski definition) is 3. The largest absolute Gasteiger partial charge is 0.379 e. The fourth-order valence-electron chi connectivity index (χ4n) is 2.63. The van der Waals surface area contributed by atoms with E-state index in [2.05, 4.69) is 6.07 Å². The van der Waals surface area contributed by atoms with Gasteiger partial charge in [-0.1, -0.05) is 12.8 Å². The Balaban J connectivity index is 2.15. The molecule has 2 fully saturated rings. The van der Waals surface area contributed by atoms with Gasteiger partial charge < -0.3 is 4.74 Å². The Morgan fingerprint density at radius 1 is 1.33 bits per heavy atom. The first-order chi connectivity index (χ1) is 7.29. The third-order valence-electron chi connectivity index (χ3n) is 3.55. The molecule has 0 bridgehead atoms. The zero-order valence-corrected chi connectivity index (χ0v) is 8.91. The van der Waals surface area contributed by atoms with E-state index in [0.717, 1.165) is 12.8 Å². The van der Waals surface area contributed by atoms with Gasteiger partial charge in [0.05, 0.1) is 19.3 Å². The smallest absolute Gasteiger partial charge is 0.140 e. The molecule has 0 spiro atoms. The average molecular weight is 212 g/mol. The first kappa shape index (κ1) is 10.8. The number of rotatable bonds is 1. The summed E-state index contributed by atoms with van der Waals surface area (Å²) in [4.78, 5) is 1.99. The van der Waals surface area contributed by atoms with Crippen molar-refractivity contribution >= 4 is 0 Å². The van der Waals surface area contributed by atoms with Crippen molar-refractivity contribution in [1.82, 2.24) is 4.90 Å². The van der Waals surface area contributed by atoms with Gasteiger partial charge in [-0.3, -0.25) is 4.90 Å². The van der Waals surface area contributed by atoms with E-state index >= 15 is 0 Å². The quantitative estimate of drug-likeness (QED) is 0.660. The van der Waals surface area contributed by atoms with Crippen LogP contribution in [0.1, 0.15) is 25.7 Å². The van der Waals surface area contributed by atoms with Crippen molar-refractivity contribution in [1.29, 1.82) is 5.26 Å². The Bertz CT molecular complexity index is 260. The summed E-state index contributed by atoms with van der Waals surface area (Å²) in [6, 6.07) is 2.23. The Morgan fingerprint density at radius 3 is 2.67 bits per heavy atom. The summed E-state index contributed by atoms with van der Waals surface area (Å²) in [7, 11) is 0. The molecule has 1 saturated carbocycles.